The predicted octanol–water partition coefficient (Wildman–Crippen LogP) is 2.68. The summed E-state index contributed by atoms with van der Waals surface area (Å²) in [7, 11) is -3.79. The van der Waals surface area contributed by atoms with Crippen LogP contribution in [0.25, 0.3) is 0 Å². The van der Waals surface area contributed by atoms with Gasteiger partial charge in [-0.3, -0.25) is 4.79 Å². The topological polar surface area (TPSA) is 54.5 Å². The smallest absolute Gasteiger partial charge is 0.268 e. The molecule has 1 aliphatic heterocycles. The van der Waals surface area contributed by atoms with Crippen LogP contribution in [0.1, 0.15) is 15.9 Å². The first kappa shape index (κ1) is 13.1. The summed E-state index contributed by atoms with van der Waals surface area (Å²) in [6.07, 6.45) is 0. The van der Waals surface area contributed by atoms with Crippen molar-refractivity contribution in [1.82, 2.24) is 4.31 Å². The third-order valence-corrected chi connectivity index (χ3v) is 5.34. The van der Waals surface area contributed by atoms with Gasteiger partial charge in [-0.2, -0.15) is 0 Å². The SMILES string of the molecule is O=C1c2ccccc2S(=O)(=O)N1Cc1ccccc1Cl. The average molecular weight is 308 g/mol. The fourth-order valence-corrected chi connectivity index (χ4v) is 3.91. The Morgan fingerprint density at radius 3 is 2.35 bits per heavy atom. The van der Waals surface area contributed by atoms with E-state index in [0.29, 0.717) is 10.6 Å². The summed E-state index contributed by atoms with van der Waals surface area (Å²) in [4.78, 5) is 12.3. The molecule has 1 heterocycles. The summed E-state index contributed by atoms with van der Waals surface area (Å²) in [6, 6.07) is 13.1. The minimum atomic E-state index is -3.79. The monoisotopic (exact) mass is 307 g/mol. The Balaban J connectivity index is 2.05. The van der Waals surface area contributed by atoms with E-state index in [4.69, 9.17) is 11.6 Å². The van der Waals surface area contributed by atoms with Crippen LogP contribution >= 0.6 is 11.6 Å². The number of amides is 1. The number of hydrogen-bond donors (Lipinski definition) is 0. The van der Waals surface area contributed by atoms with Crippen molar-refractivity contribution in [3.63, 3.8) is 0 Å². The number of carbonyl (C=O) groups is 1. The van der Waals surface area contributed by atoms with Crippen LogP contribution in [0, 0.1) is 0 Å². The zero-order valence-electron chi connectivity index (χ0n) is 10.3. The molecule has 2 aromatic carbocycles. The van der Waals surface area contributed by atoms with Gasteiger partial charge >= 0.3 is 0 Å². The van der Waals surface area contributed by atoms with Crippen molar-refractivity contribution >= 4 is 27.5 Å². The number of benzene rings is 2. The summed E-state index contributed by atoms with van der Waals surface area (Å²) < 4.78 is 25.6. The Morgan fingerprint density at radius 2 is 1.65 bits per heavy atom. The molecule has 0 atom stereocenters. The fraction of sp³-hybridized carbons (Fsp3) is 0.0714. The van der Waals surface area contributed by atoms with E-state index >= 15 is 0 Å². The van der Waals surface area contributed by atoms with Crippen LogP contribution in [0.3, 0.4) is 0 Å². The van der Waals surface area contributed by atoms with Gasteiger partial charge in [0.05, 0.1) is 12.1 Å². The highest BCUT2D eigenvalue weighted by molar-refractivity contribution is 7.90. The molecule has 6 heteroatoms. The van der Waals surface area contributed by atoms with Gasteiger partial charge < -0.3 is 0 Å². The molecule has 102 valence electrons. The molecular weight excluding hydrogens is 298 g/mol. The van der Waals surface area contributed by atoms with E-state index in [9.17, 15) is 13.2 Å². The highest BCUT2D eigenvalue weighted by Crippen LogP contribution is 2.32. The molecule has 0 aromatic heterocycles. The maximum absolute atomic E-state index is 12.4. The van der Waals surface area contributed by atoms with E-state index in [2.05, 4.69) is 0 Å². The van der Waals surface area contributed by atoms with E-state index in [1.54, 1.807) is 36.4 Å². The zero-order chi connectivity index (χ0) is 14.3. The second kappa shape index (κ2) is 4.61. The van der Waals surface area contributed by atoms with Gasteiger partial charge in [-0.1, -0.05) is 41.9 Å². The van der Waals surface area contributed by atoms with E-state index < -0.39 is 15.9 Å². The van der Waals surface area contributed by atoms with Gasteiger partial charge in [0.1, 0.15) is 4.90 Å². The van der Waals surface area contributed by atoms with Gasteiger partial charge in [0, 0.05) is 5.02 Å². The lowest BCUT2D eigenvalue weighted by Crippen LogP contribution is -2.29. The Morgan fingerprint density at radius 1 is 1.00 bits per heavy atom. The molecular formula is C14H10ClNO3S. The standard InChI is InChI=1S/C14H10ClNO3S/c15-12-7-3-1-5-10(12)9-16-14(17)11-6-2-4-8-13(11)20(16,18)19/h1-8H,9H2. The molecule has 3 rings (SSSR count). The lowest BCUT2D eigenvalue weighted by Gasteiger charge is -2.15. The van der Waals surface area contributed by atoms with Crippen LogP contribution in [0.5, 0.6) is 0 Å². The van der Waals surface area contributed by atoms with E-state index in [-0.39, 0.29) is 17.0 Å². The molecule has 2 aromatic rings. The molecule has 0 unspecified atom stereocenters. The molecule has 0 aliphatic carbocycles. The minimum Gasteiger partial charge on any atom is -0.268 e. The molecule has 4 nitrogen and oxygen atoms in total. The summed E-state index contributed by atoms with van der Waals surface area (Å²) in [6.45, 7) is -0.0600. The maximum Gasteiger partial charge on any atom is 0.269 e. The number of fused-ring (bicyclic) bond motifs is 1. The molecule has 0 fully saturated rings. The van der Waals surface area contributed by atoms with Gasteiger partial charge in [-0.05, 0) is 23.8 Å². The third-order valence-electron chi connectivity index (χ3n) is 3.18. The molecule has 0 bridgehead atoms. The maximum atomic E-state index is 12.4. The Bertz CT molecular complexity index is 802. The minimum absolute atomic E-state index is 0.0528. The van der Waals surface area contributed by atoms with Crippen LogP contribution in [0.15, 0.2) is 53.4 Å². The number of sulfonamides is 1. The van der Waals surface area contributed by atoms with Gasteiger partial charge in [-0.25, -0.2) is 12.7 Å². The number of carbonyl (C=O) groups excluding carboxylic acids is 1. The summed E-state index contributed by atoms with van der Waals surface area (Å²) in [5.74, 6) is -0.513. The molecule has 0 radical (unpaired) electrons. The quantitative estimate of drug-likeness (QED) is 0.857. The molecule has 1 amide bonds. The second-order valence-electron chi connectivity index (χ2n) is 4.40. The first-order valence-electron chi connectivity index (χ1n) is 5.91. The second-order valence-corrected chi connectivity index (χ2v) is 6.64. The normalized spacial score (nSPS) is 16.2. The highest BCUT2D eigenvalue weighted by atomic mass is 35.5. The first-order chi connectivity index (χ1) is 9.51. The van der Waals surface area contributed by atoms with Crippen LogP contribution < -0.4 is 0 Å². The lowest BCUT2D eigenvalue weighted by atomic mass is 10.2. The van der Waals surface area contributed by atoms with Crippen molar-refractivity contribution in [2.24, 2.45) is 0 Å². The van der Waals surface area contributed by atoms with Crippen LogP contribution in [0.2, 0.25) is 5.02 Å². The Hall–Kier alpha value is -1.85. The van der Waals surface area contributed by atoms with Crippen molar-refractivity contribution in [2.45, 2.75) is 11.4 Å². The number of rotatable bonds is 2. The van der Waals surface area contributed by atoms with Crippen LogP contribution in [-0.4, -0.2) is 18.6 Å². The average Bonchev–Trinajstić information content (AvgIpc) is 2.63. The van der Waals surface area contributed by atoms with Crippen molar-refractivity contribution in [2.75, 3.05) is 0 Å². The number of nitrogens with zero attached hydrogens (tertiary/aromatic N) is 1. The molecule has 0 saturated carbocycles. The van der Waals surface area contributed by atoms with E-state index in [1.807, 2.05) is 0 Å². The Kier molecular flexibility index (Phi) is 3.03. The molecule has 1 aliphatic rings. The highest BCUT2D eigenvalue weighted by Gasteiger charge is 2.40. The number of halogens is 1. The van der Waals surface area contributed by atoms with Gasteiger partial charge in [-0.15, -0.1) is 0 Å². The number of hydrogen-bond acceptors (Lipinski definition) is 3. The summed E-state index contributed by atoms with van der Waals surface area (Å²) in [5, 5.41) is 0.437. The van der Waals surface area contributed by atoms with Crippen LogP contribution in [-0.2, 0) is 16.6 Å². The Labute approximate surface area is 121 Å². The predicted molar refractivity (Wildman–Crippen MR) is 75.0 cm³/mol. The first-order valence-corrected chi connectivity index (χ1v) is 7.73. The van der Waals surface area contributed by atoms with Crippen molar-refractivity contribution < 1.29 is 13.2 Å². The van der Waals surface area contributed by atoms with Crippen LogP contribution in [0.4, 0.5) is 0 Å². The fourth-order valence-electron chi connectivity index (χ4n) is 2.17. The van der Waals surface area contributed by atoms with Gasteiger partial charge in [0.15, 0.2) is 0 Å². The molecule has 0 N–H and O–H groups in total. The largest absolute Gasteiger partial charge is 0.269 e. The summed E-state index contributed by atoms with van der Waals surface area (Å²) in [5.41, 5.74) is 0.804. The lowest BCUT2D eigenvalue weighted by molar-refractivity contribution is 0.0865. The molecule has 0 spiro atoms. The molecule has 0 saturated heterocycles. The van der Waals surface area contributed by atoms with Crippen molar-refractivity contribution in [1.29, 1.82) is 0 Å². The van der Waals surface area contributed by atoms with E-state index in [1.165, 1.54) is 12.1 Å². The third kappa shape index (κ3) is 1.90. The molecule has 20 heavy (non-hydrogen) atoms. The van der Waals surface area contributed by atoms with E-state index in [0.717, 1.165) is 4.31 Å². The van der Waals surface area contributed by atoms with Gasteiger partial charge in [0.25, 0.3) is 15.9 Å². The van der Waals surface area contributed by atoms with Gasteiger partial charge in [0.2, 0.25) is 0 Å². The zero-order valence-corrected chi connectivity index (χ0v) is 11.9. The summed E-state index contributed by atoms with van der Waals surface area (Å²) >= 11 is 6.02. The van der Waals surface area contributed by atoms with Crippen molar-refractivity contribution in [3.05, 3.63) is 64.7 Å². The van der Waals surface area contributed by atoms with Crippen molar-refractivity contribution in [3.8, 4) is 0 Å².